The topological polar surface area (TPSA) is 67.3 Å². The highest BCUT2D eigenvalue weighted by molar-refractivity contribution is 6.25. The minimum atomic E-state index is 0.532. The van der Waals surface area contributed by atoms with Crippen molar-refractivity contribution in [2.24, 2.45) is 14.1 Å². The van der Waals surface area contributed by atoms with Crippen LogP contribution >= 0.6 is 0 Å². The van der Waals surface area contributed by atoms with Crippen LogP contribution in [0.5, 0.6) is 0 Å². The molecular formula is C53H34N6. The monoisotopic (exact) mass is 754 g/mol. The van der Waals surface area contributed by atoms with Gasteiger partial charge in [0.05, 0.1) is 61.7 Å². The average molecular weight is 755 g/mol. The van der Waals surface area contributed by atoms with Gasteiger partial charge in [0.25, 0.3) is 0 Å². The second-order valence-electron chi connectivity index (χ2n) is 15.7. The highest BCUT2D eigenvalue weighted by Gasteiger charge is 2.26. The van der Waals surface area contributed by atoms with Crippen LogP contribution in [0.15, 0.2) is 152 Å². The Labute approximate surface area is 338 Å². The van der Waals surface area contributed by atoms with Crippen molar-refractivity contribution < 1.29 is 0 Å². The van der Waals surface area contributed by atoms with Gasteiger partial charge < -0.3 is 18.3 Å². The van der Waals surface area contributed by atoms with E-state index in [9.17, 15) is 10.5 Å². The summed E-state index contributed by atoms with van der Waals surface area (Å²) in [6.07, 6.45) is 0. The zero-order chi connectivity index (χ0) is 39.7. The van der Waals surface area contributed by atoms with Crippen LogP contribution in [-0.4, -0.2) is 18.3 Å². The third-order valence-corrected chi connectivity index (χ3v) is 12.8. The van der Waals surface area contributed by atoms with Crippen LogP contribution in [0.25, 0.3) is 110 Å². The predicted molar refractivity (Wildman–Crippen MR) is 243 cm³/mol. The van der Waals surface area contributed by atoms with Gasteiger partial charge >= 0.3 is 0 Å². The Kier molecular flexibility index (Phi) is 6.72. The summed E-state index contributed by atoms with van der Waals surface area (Å²) >= 11 is 0. The maximum absolute atomic E-state index is 11.4. The Morgan fingerprint density at radius 1 is 0.390 bits per heavy atom. The molecule has 4 aromatic heterocycles. The molecule has 0 aliphatic carbocycles. The Bertz CT molecular complexity index is 3910. The zero-order valence-electron chi connectivity index (χ0n) is 32.6. The molecule has 0 aliphatic rings. The van der Waals surface area contributed by atoms with E-state index >= 15 is 0 Å². The van der Waals surface area contributed by atoms with E-state index in [0.29, 0.717) is 11.1 Å². The van der Waals surface area contributed by atoms with Crippen LogP contribution < -0.4 is 0 Å². The summed E-state index contributed by atoms with van der Waals surface area (Å²) in [6, 6.07) is 58.4. The summed E-state index contributed by atoms with van der Waals surface area (Å²) in [4.78, 5) is 0. The summed E-state index contributed by atoms with van der Waals surface area (Å²) in [5.74, 6) is 0. The number of hydrogen-bond donors (Lipinski definition) is 0. The molecule has 4 heterocycles. The van der Waals surface area contributed by atoms with Crippen LogP contribution in [0.4, 0.5) is 0 Å². The highest BCUT2D eigenvalue weighted by atomic mass is 15.1. The Morgan fingerprint density at radius 3 is 1.31 bits per heavy atom. The molecule has 6 heteroatoms. The normalized spacial score (nSPS) is 11.9. The minimum absolute atomic E-state index is 0.532. The molecule has 0 unspecified atom stereocenters. The zero-order valence-corrected chi connectivity index (χ0v) is 32.6. The fourth-order valence-electron chi connectivity index (χ4n) is 10.3. The first-order valence-corrected chi connectivity index (χ1v) is 19.9. The second kappa shape index (κ2) is 12.0. The summed E-state index contributed by atoms with van der Waals surface area (Å²) in [6.45, 7) is 2.07. The molecule has 8 aromatic carbocycles. The minimum Gasteiger partial charge on any atom is -0.342 e. The molecule has 0 radical (unpaired) electrons. The molecule has 0 aliphatic heterocycles. The van der Waals surface area contributed by atoms with Crippen molar-refractivity contribution in [3.63, 3.8) is 0 Å². The number of para-hydroxylation sites is 4. The molecule has 0 fully saturated rings. The Morgan fingerprint density at radius 2 is 0.814 bits per heavy atom. The molecular weight excluding hydrogens is 721 g/mol. The number of aryl methyl sites for hydroxylation is 3. The van der Waals surface area contributed by atoms with Gasteiger partial charge in [-0.3, -0.25) is 0 Å². The number of aromatic nitrogens is 4. The van der Waals surface area contributed by atoms with E-state index in [4.69, 9.17) is 0 Å². The first-order valence-electron chi connectivity index (χ1n) is 19.9. The maximum Gasteiger partial charge on any atom is 0.101 e. The number of hydrogen-bond acceptors (Lipinski definition) is 2. The third-order valence-electron chi connectivity index (χ3n) is 12.8. The number of fused-ring (bicyclic) bond motifs is 14. The van der Waals surface area contributed by atoms with Gasteiger partial charge in [0, 0.05) is 79.3 Å². The molecule has 0 atom stereocenters. The highest BCUT2D eigenvalue weighted by Crippen LogP contribution is 2.46. The van der Waals surface area contributed by atoms with E-state index in [1.54, 1.807) is 0 Å². The van der Waals surface area contributed by atoms with Gasteiger partial charge in [-0.25, -0.2) is 0 Å². The smallest absolute Gasteiger partial charge is 0.101 e. The van der Waals surface area contributed by atoms with Crippen molar-refractivity contribution >= 4 is 87.2 Å². The molecule has 0 spiro atoms. The van der Waals surface area contributed by atoms with Crippen molar-refractivity contribution in [1.29, 1.82) is 10.5 Å². The van der Waals surface area contributed by atoms with Crippen LogP contribution in [0, 0.1) is 29.6 Å². The lowest BCUT2D eigenvalue weighted by Gasteiger charge is -2.21. The second-order valence-corrected chi connectivity index (χ2v) is 15.7. The fraction of sp³-hybridized carbons (Fsp3) is 0.0566. The predicted octanol–water partition coefficient (Wildman–Crippen LogP) is 12.9. The van der Waals surface area contributed by atoms with Gasteiger partial charge in [-0.05, 0) is 55.0 Å². The number of nitrogens with zero attached hydrogens (tertiary/aromatic N) is 6. The average Bonchev–Trinajstić information content (AvgIpc) is 3.98. The van der Waals surface area contributed by atoms with E-state index in [1.165, 1.54) is 10.8 Å². The van der Waals surface area contributed by atoms with Crippen molar-refractivity contribution in [2.75, 3.05) is 0 Å². The molecule has 0 bridgehead atoms. The SMILES string of the molecule is Cc1cccc(C#N)c1-c1cc(-n2c3ccccc3c3ccc4c5ccccc5n(C)c4c32)c(C#N)cc1-n1c2ccccc2c2ccc3c4ccccc4n(C)c3c21. The summed E-state index contributed by atoms with van der Waals surface area (Å²) < 4.78 is 9.21. The van der Waals surface area contributed by atoms with Crippen molar-refractivity contribution in [3.05, 3.63) is 168 Å². The van der Waals surface area contributed by atoms with Crippen LogP contribution in [0.3, 0.4) is 0 Å². The van der Waals surface area contributed by atoms with E-state index in [-0.39, 0.29) is 0 Å². The molecule has 6 nitrogen and oxygen atoms in total. The molecule has 0 amide bonds. The lowest BCUT2D eigenvalue weighted by atomic mass is 9.92. The van der Waals surface area contributed by atoms with Gasteiger partial charge in [-0.15, -0.1) is 0 Å². The van der Waals surface area contributed by atoms with Gasteiger partial charge in [-0.1, -0.05) is 109 Å². The van der Waals surface area contributed by atoms with Crippen LogP contribution in [-0.2, 0) is 14.1 Å². The standard InChI is InChI=1S/C53H34N6/c1-31-13-12-14-32(29-54)49(31)42-28-47(58-45-21-10-6-17-36(45)40-25-23-38-34-15-4-8-19-43(34)56(2)50(38)52(40)58)33(30-55)27-48(42)59-46-22-11-7-18-37(46)41-26-24-39-35-16-5-9-20-44(35)57(3)51(39)53(41)59/h4-28H,1-3H3. The quantitative estimate of drug-likeness (QED) is 0.180. The number of rotatable bonds is 3. The van der Waals surface area contributed by atoms with Crippen molar-refractivity contribution in [1.82, 2.24) is 18.3 Å². The summed E-state index contributed by atoms with van der Waals surface area (Å²) in [7, 11) is 4.27. The van der Waals surface area contributed by atoms with Gasteiger partial charge in [0.1, 0.15) is 6.07 Å². The third kappa shape index (κ3) is 4.27. The molecule has 0 N–H and O–H groups in total. The first kappa shape index (κ1) is 33.1. The van der Waals surface area contributed by atoms with E-state index in [0.717, 1.165) is 105 Å². The largest absolute Gasteiger partial charge is 0.342 e. The number of benzene rings is 8. The molecule has 0 saturated heterocycles. The van der Waals surface area contributed by atoms with Crippen LogP contribution in [0.2, 0.25) is 0 Å². The molecule has 276 valence electrons. The number of nitriles is 2. The Hall–Kier alpha value is -8.06. The van der Waals surface area contributed by atoms with E-state index in [2.05, 4.69) is 191 Å². The molecule has 12 rings (SSSR count). The van der Waals surface area contributed by atoms with Crippen molar-refractivity contribution in [3.8, 4) is 34.6 Å². The van der Waals surface area contributed by atoms with Crippen molar-refractivity contribution in [2.45, 2.75) is 6.92 Å². The lowest BCUT2D eigenvalue weighted by Crippen LogP contribution is -2.06. The first-order chi connectivity index (χ1) is 29.0. The van der Waals surface area contributed by atoms with E-state index < -0.39 is 0 Å². The molecule has 12 aromatic rings. The molecule has 59 heavy (non-hydrogen) atoms. The summed E-state index contributed by atoms with van der Waals surface area (Å²) in [5, 5.41) is 31.3. The van der Waals surface area contributed by atoms with E-state index in [1.807, 2.05) is 12.1 Å². The summed E-state index contributed by atoms with van der Waals surface area (Å²) in [5.41, 5.74) is 14.1. The van der Waals surface area contributed by atoms with Crippen LogP contribution in [0.1, 0.15) is 16.7 Å². The van der Waals surface area contributed by atoms with Gasteiger partial charge in [-0.2, -0.15) is 10.5 Å². The fourth-order valence-corrected chi connectivity index (χ4v) is 10.3. The van der Waals surface area contributed by atoms with Gasteiger partial charge in [0.2, 0.25) is 0 Å². The van der Waals surface area contributed by atoms with Gasteiger partial charge in [0.15, 0.2) is 0 Å². The maximum atomic E-state index is 11.4. The lowest BCUT2D eigenvalue weighted by molar-refractivity contribution is 1.01. The molecule has 0 saturated carbocycles. The Balaban J connectivity index is 1.30.